The zero-order valence-corrected chi connectivity index (χ0v) is 24.8. The zero-order chi connectivity index (χ0) is 29.6. The third-order valence-electron chi connectivity index (χ3n) is 7.57. The van der Waals surface area contributed by atoms with Crippen LogP contribution in [0.5, 0.6) is 5.75 Å². The van der Waals surface area contributed by atoms with Crippen LogP contribution in [0.3, 0.4) is 0 Å². The molecule has 4 aromatic rings. The van der Waals surface area contributed by atoms with Gasteiger partial charge in [-0.05, 0) is 38.2 Å². The second-order valence-corrected chi connectivity index (χ2v) is 10.5. The zero-order valence-electron chi connectivity index (χ0n) is 24.8. The van der Waals surface area contributed by atoms with E-state index in [4.69, 9.17) is 4.74 Å². The topological polar surface area (TPSA) is 104 Å². The molecule has 11 nitrogen and oxygen atoms in total. The number of likely N-dealkylation sites (N-methyl/N-ethyl adjacent to an activating group) is 2. The molecule has 3 heterocycles. The van der Waals surface area contributed by atoms with Gasteiger partial charge < -0.3 is 25.2 Å². The molecule has 0 bridgehead atoms. The average Bonchev–Trinajstić information content (AvgIpc) is 3.37. The molecule has 5 rings (SSSR count). The number of piperazine rings is 1. The van der Waals surface area contributed by atoms with E-state index in [1.165, 1.54) is 12.4 Å². The Morgan fingerprint density at radius 3 is 2.67 bits per heavy atom. The van der Waals surface area contributed by atoms with Crippen LogP contribution in [0.1, 0.15) is 6.92 Å². The van der Waals surface area contributed by atoms with Crippen molar-refractivity contribution in [3.63, 3.8) is 0 Å². The van der Waals surface area contributed by atoms with Crippen molar-refractivity contribution < 1.29 is 9.53 Å². The normalized spacial score (nSPS) is 14.1. The molecule has 11 heteroatoms. The number of hydrogen-bond donors (Lipinski definition) is 2. The number of amides is 1. The minimum Gasteiger partial charge on any atom is -0.492 e. The Kier molecular flexibility index (Phi) is 8.99. The molecule has 2 N–H and O–H groups in total. The Labute approximate surface area is 246 Å². The van der Waals surface area contributed by atoms with Gasteiger partial charge in [0.25, 0.3) is 0 Å². The predicted molar refractivity (Wildman–Crippen MR) is 169 cm³/mol. The number of aromatic nitrogens is 4. The van der Waals surface area contributed by atoms with Gasteiger partial charge in [0.2, 0.25) is 5.91 Å². The van der Waals surface area contributed by atoms with Crippen molar-refractivity contribution in [2.45, 2.75) is 6.92 Å². The molecule has 0 spiro atoms. The molecule has 1 aliphatic rings. The van der Waals surface area contributed by atoms with E-state index in [9.17, 15) is 4.79 Å². The number of aryl methyl sites for hydroxylation is 1. The lowest BCUT2D eigenvalue weighted by molar-refractivity contribution is -0.111. The number of anilines is 4. The first-order valence-corrected chi connectivity index (χ1v) is 14.2. The van der Waals surface area contributed by atoms with E-state index in [-0.39, 0.29) is 5.91 Å². The van der Waals surface area contributed by atoms with Crippen LogP contribution < -0.4 is 20.3 Å². The van der Waals surface area contributed by atoms with Gasteiger partial charge in [0.1, 0.15) is 17.9 Å². The standard InChI is InChI=1S/C31H39N9O2/c1-6-31(41)36-25-17-26(29(42-7-2)19-28(25)38(4)12-15-40-13-10-37(3)11-14-40)35-30-18-24(32-21-33-30)22-8-9-27-23(16-22)20-34-39(27)5/h6,8-9,16-21H,1,7,10-15H2,2-5H3,(H,36,41)(H,32,33,35). The van der Waals surface area contributed by atoms with Gasteiger partial charge >= 0.3 is 0 Å². The maximum absolute atomic E-state index is 12.4. The fourth-order valence-electron chi connectivity index (χ4n) is 5.07. The molecule has 1 amide bonds. The lowest BCUT2D eigenvalue weighted by atomic mass is 10.1. The molecule has 1 saturated heterocycles. The molecular formula is C31H39N9O2. The smallest absolute Gasteiger partial charge is 0.247 e. The van der Waals surface area contributed by atoms with Crippen LogP contribution in [0.4, 0.5) is 22.9 Å². The molecule has 0 saturated carbocycles. The third kappa shape index (κ3) is 6.69. The number of fused-ring (bicyclic) bond motifs is 1. The van der Waals surface area contributed by atoms with E-state index in [0.29, 0.717) is 29.5 Å². The van der Waals surface area contributed by atoms with Crippen LogP contribution in [0, 0.1) is 0 Å². The molecule has 2 aromatic carbocycles. The largest absolute Gasteiger partial charge is 0.492 e. The summed E-state index contributed by atoms with van der Waals surface area (Å²) in [5, 5.41) is 11.8. The Bertz CT molecular complexity index is 1560. The fraction of sp³-hybridized carbons (Fsp3) is 0.355. The van der Waals surface area contributed by atoms with Gasteiger partial charge in [0.15, 0.2) is 0 Å². The van der Waals surface area contributed by atoms with E-state index in [1.54, 1.807) is 0 Å². The summed E-state index contributed by atoms with van der Waals surface area (Å²) in [6, 6.07) is 11.9. The van der Waals surface area contributed by atoms with E-state index >= 15 is 0 Å². The number of rotatable bonds is 11. The Morgan fingerprint density at radius 1 is 1.10 bits per heavy atom. The van der Waals surface area contributed by atoms with Crippen molar-refractivity contribution in [2.75, 3.05) is 75.5 Å². The molecular weight excluding hydrogens is 530 g/mol. The second-order valence-electron chi connectivity index (χ2n) is 10.5. The van der Waals surface area contributed by atoms with Crippen molar-refractivity contribution in [1.82, 2.24) is 29.5 Å². The minimum absolute atomic E-state index is 0.283. The van der Waals surface area contributed by atoms with Gasteiger partial charge in [0, 0.05) is 76.4 Å². The molecule has 220 valence electrons. The van der Waals surface area contributed by atoms with Crippen LogP contribution in [-0.4, -0.2) is 95.4 Å². The summed E-state index contributed by atoms with van der Waals surface area (Å²) >= 11 is 0. The number of nitrogens with zero attached hydrogens (tertiary/aromatic N) is 7. The first-order valence-electron chi connectivity index (χ1n) is 14.2. The second kappa shape index (κ2) is 13.0. The van der Waals surface area contributed by atoms with Crippen LogP contribution >= 0.6 is 0 Å². The van der Waals surface area contributed by atoms with E-state index in [0.717, 1.165) is 67.1 Å². The van der Waals surface area contributed by atoms with E-state index < -0.39 is 0 Å². The first kappa shape index (κ1) is 29.0. The van der Waals surface area contributed by atoms with E-state index in [2.05, 4.69) is 60.1 Å². The van der Waals surface area contributed by atoms with Crippen LogP contribution in [0.15, 0.2) is 61.6 Å². The predicted octanol–water partition coefficient (Wildman–Crippen LogP) is 3.98. The molecule has 0 atom stereocenters. The quantitative estimate of drug-likeness (QED) is 0.260. The highest BCUT2D eigenvalue weighted by Gasteiger charge is 2.19. The maximum atomic E-state index is 12.4. The molecule has 1 fully saturated rings. The Balaban J connectivity index is 1.42. The molecule has 42 heavy (non-hydrogen) atoms. The third-order valence-corrected chi connectivity index (χ3v) is 7.57. The van der Waals surface area contributed by atoms with Crippen LogP contribution in [0.25, 0.3) is 22.2 Å². The number of carbonyl (C=O) groups is 1. The van der Waals surface area contributed by atoms with Crippen molar-refractivity contribution in [3.05, 3.63) is 61.6 Å². The summed E-state index contributed by atoms with van der Waals surface area (Å²) in [7, 11) is 6.12. The Hall–Kier alpha value is -4.48. The Morgan fingerprint density at radius 2 is 1.90 bits per heavy atom. The summed E-state index contributed by atoms with van der Waals surface area (Å²) in [6.45, 7) is 12.0. The summed E-state index contributed by atoms with van der Waals surface area (Å²) in [6.07, 6.45) is 4.65. The first-order chi connectivity index (χ1) is 20.3. The lowest BCUT2D eigenvalue weighted by Gasteiger charge is -2.34. The van der Waals surface area contributed by atoms with Gasteiger partial charge in [-0.15, -0.1) is 0 Å². The van der Waals surface area contributed by atoms with Gasteiger partial charge in [-0.2, -0.15) is 5.10 Å². The monoisotopic (exact) mass is 569 g/mol. The van der Waals surface area contributed by atoms with Crippen molar-refractivity contribution in [3.8, 4) is 17.0 Å². The van der Waals surface area contributed by atoms with Gasteiger partial charge in [-0.25, -0.2) is 9.97 Å². The maximum Gasteiger partial charge on any atom is 0.247 e. The summed E-state index contributed by atoms with van der Waals surface area (Å²) in [4.78, 5) is 28.4. The highest BCUT2D eigenvalue weighted by molar-refractivity contribution is 6.02. The lowest BCUT2D eigenvalue weighted by Crippen LogP contribution is -2.46. The van der Waals surface area contributed by atoms with Crippen molar-refractivity contribution >= 4 is 39.7 Å². The highest BCUT2D eigenvalue weighted by atomic mass is 16.5. The minimum atomic E-state index is -0.283. The fourth-order valence-corrected chi connectivity index (χ4v) is 5.07. The molecule has 0 aliphatic carbocycles. The van der Waals surface area contributed by atoms with Gasteiger partial charge in [-0.3, -0.25) is 14.4 Å². The number of carbonyl (C=O) groups excluding carboxylic acids is 1. The molecule has 2 aromatic heterocycles. The number of nitrogens with one attached hydrogen (secondary N) is 2. The summed E-state index contributed by atoms with van der Waals surface area (Å²) in [5.74, 6) is 0.978. The molecule has 0 unspecified atom stereocenters. The van der Waals surface area contributed by atoms with Gasteiger partial charge in [0.05, 0.1) is 41.1 Å². The van der Waals surface area contributed by atoms with Crippen molar-refractivity contribution in [2.24, 2.45) is 7.05 Å². The summed E-state index contributed by atoms with van der Waals surface area (Å²) < 4.78 is 7.91. The van der Waals surface area contributed by atoms with Crippen LogP contribution in [0.2, 0.25) is 0 Å². The highest BCUT2D eigenvalue weighted by Crippen LogP contribution is 2.38. The van der Waals surface area contributed by atoms with Crippen LogP contribution in [-0.2, 0) is 11.8 Å². The summed E-state index contributed by atoms with van der Waals surface area (Å²) in [5.41, 5.74) is 4.98. The number of ether oxygens (including phenoxy) is 1. The van der Waals surface area contributed by atoms with Gasteiger partial charge in [-0.1, -0.05) is 12.6 Å². The van der Waals surface area contributed by atoms with Crippen molar-refractivity contribution in [1.29, 1.82) is 0 Å². The molecule has 1 aliphatic heterocycles. The number of benzene rings is 2. The van der Waals surface area contributed by atoms with E-state index in [1.807, 2.05) is 62.2 Å². The SMILES string of the molecule is C=CC(=O)Nc1cc(Nc2cc(-c3ccc4c(cnn4C)c3)ncn2)c(OCC)cc1N(C)CCN1CCN(C)CC1. The molecule has 0 radical (unpaired) electrons. The number of hydrogen-bond acceptors (Lipinski definition) is 9. The average molecular weight is 570 g/mol.